The highest BCUT2D eigenvalue weighted by atomic mass is 15.3. The summed E-state index contributed by atoms with van der Waals surface area (Å²) in [7, 11) is 0. The van der Waals surface area contributed by atoms with Gasteiger partial charge in [0.25, 0.3) is 0 Å². The molecule has 0 aromatic carbocycles. The van der Waals surface area contributed by atoms with E-state index in [1.807, 2.05) is 0 Å². The zero-order valence-corrected chi connectivity index (χ0v) is 9.89. The molecular weight excluding hydrogens is 200 g/mol. The van der Waals surface area contributed by atoms with Crippen molar-refractivity contribution in [2.24, 2.45) is 5.92 Å². The highest BCUT2D eigenvalue weighted by molar-refractivity contribution is 4.99. The van der Waals surface area contributed by atoms with Gasteiger partial charge >= 0.3 is 0 Å². The van der Waals surface area contributed by atoms with Crippen molar-refractivity contribution in [3.63, 3.8) is 0 Å². The van der Waals surface area contributed by atoms with Crippen LogP contribution in [0.2, 0.25) is 0 Å². The van der Waals surface area contributed by atoms with Crippen molar-refractivity contribution in [1.82, 2.24) is 20.1 Å². The smallest absolute Gasteiger partial charge is 0.143 e. The molecule has 0 radical (unpaired) electrons. The molecule has 1 aliphatic heterocycles. The molecule has 1 aromatic heterocycles. The summed E-state index contributed by atoms with van der Waals surface area (Å²) in [5.41, 5.74) is 0. The van der Waals surface area contributed by atoms with Gasteiger partial charge in [-0.1, -0.05) is 13.3 Å². The predicted molar refractivity (Wildman–Crippen MR) is 61.9 cm³/mol. The Labute approximate surface area is 96.4 Å². The fourth-order valence-electron chi connectivity index (χ4n) is 3.10. The number of rotatable bonds is 2. The van der Waals surface area contributed by atoms with Crippen molar-refractivity contribution in [2.45, 2.75) is 57.7 Å². The van der Waals surface area contributed by atoms with Gasteiger partial charge in [0, 0.05) is 12.6 Å². The van der Waals surface area contributed by atoms with Gasteiger partial charge in [-0.05, 0) is 31.6 Å². The molecule has 0 saturated heterocycles. The van der Waals surface area contributed by atoms with E-state index in [0.717, 1.165) is 18.3 Å². The molecule has 88 valence electrons. The summed E-state index contributed by atoms with van der Waals surface area (Å²) >= 11 is 0. The quantitative estimate of drug-likeness (QED) is 0.827. The van der Waals surface area contributed by atoms with E-state index in [9.17, 15) is 0 Å². The molecule has 16 heavy (non-hydrogen) atoms. The first-order valence-electron chi connectivity index (χ1n) is 6.48. The van der Waals surface area contributed by atoms with Crippen LogP contribution in [0.25, 0.3) is 0 Å². The summed E-state index contributed by atoms with van der Waals surface area (Å²) in [5.74, 6) is 1.96. The first kappa shape index (κ1) is 10.3. The number of aryl methyl sites for hydroxylation is 1. The van der Waals surface area contributed by atoms with Crippen molar-refractivity contribution in [3.8, 4) is 0 Å². The molecule has 3 unspecified atom stereocenters. The topological polar surface area (TPSA) is 42.7 Å². The van der Waals surface area contributed by atoms with Gasteiger partial charge in [-0.15, -0.1) is 0 Å². The lowest BCUT2D eigenvalue weighted by molar-refractivity contribution is 0.308. The monoisotopic (exact) mass is 220 g/mol. The zero-order valence-electron chi connectivity index (χ0n) is 9.89. The number of fused-ring (bicyclic) bond motifs is 1. The van der Waals surface area contributed by atoms with Crippen LogP contribution in [0.3, 0.4) is 0 Å². The third-order valence-electron chi connectivity index (χ3n) is 4.10. The second-order valence-electron chi connectivity index (χ2n) is 5.22. The highest BCUT2D eigenvalue weighted by Crippen LogP contribution is 2.29. The van der Waals surface area contributed by atoms with Crippen molar-refractivity contribution in [3.05, 3.63) is 12.2 Å². The number of hydrogen-bond acceptors (Lipinski definition) is 3. The SMILES string of the molecule is CC1CCCC1NC1CCCn2ncnc21. The van der Waals surface area contributed by atoms with Crippen molar-refractivity contribution in [2.75, 3.05) is 0 Å². The fraction of sp³-hybridized carbons (Fsp3) is 0.833. The van der Waals surface area contributed by atoms with Gasteiger partial charge in [0.05, 0.1) is 6.04 Å². The summed E-state index contributed by atoms with van der Waals surface area (Å²) in [6, 6.07) is 1.12. The zero-order chi connectivity index (χ0) is 11.0. The third-order valence-corrected chi connectivity index (χ3v) is 4.10. The minimum atomic E-state index is 0.432. The van der Waals surface area contributed by atoms with Crippen LogP contribution >= 0.6 is 0 Å². The molecule has 3 atom stereocenters. The maximum atomic E-state index is 4.39. The van der Waals surface area contributed by atoms with Crippen molar-refractivity contribution < 1.29 is 0 Å². The minimum absolute atomic E-state index is 0.432. The average molecular weight is 220 g/mol. The Hall–Kier alpha value is -0.900. The summed E-state index contributed by atoms with van der Waals surface area (Å²) < 4.78 is 2.06. The second-order valence-corrected chi connectivity index (χ2v) is 5.22. The minimum Gasteiger partial charge on any atom is -0.304 e. The van der Waals surface area contributed by atoms with Crippen LogP contribution < -0.4 is 5.32 Å². The largest absolute Gasteiger partial charge is 0.304 e. The van der Waals surface area contributed by atoms with Crippen LogP contribution in [-0.4, -0.2) is 20.8 Å². The maximum Gasteiger partial charge on any atom is 0.143 e. The van der Waals surface area contributed by atoms with E-state index in [-0.39, 0.29) is 0 Å². The molecule has 3 rings (SSSR count). The fourth-order valence-corrected chi connectivity index (χ4v) is 3.10. The van der Waals surface area contributed by atoms with E-state index in [4.69, 9.17) is 0 Å². The van der Waals surface area contributed by atoms with E-state index in [2.05, 4.69) is 27.0 Å². The van der Waals surface area contributed by atoms with E-state index >= 15 is 0 Å². The van der Waals surface area contributed by atoms with E-state index in [1.54, 1.807) is 6.33 Å². The lowest BCUT2D eigenvalue weighted by Crippen LogP contribution is -2.37. The molecule has 1 aromatic rings. The van der Waals surface area contributed by atoms with Gasteiger partial charge in [-0.3, -0.25) is 0 Å². The Balaban J connectivity index is 1.72. The average Bonchev–Trinajstić information content (AvgIpc) is 2.89. The van der Waals surface area contributed by atoms with Crippen LogP contribution in [-0.2, 0) is 6.54 Å². The van der Waals surface area contributed by atoms with Gasteiger partial charge < -0.3 is 5.32 Å². The predicted octanol–water partition coefficient (Wildman–Crippen LogP) is 1.89. The Kier molecular flexibility index (Phi) is 2.67. The Morgan fingerprint density at radius 2 is 2.25 bits per heavy atom. The maximum absolute atomic E-state index is 4.39. The molecule has 0 amide bonds. The van der Waals surface area contributed by atoms with E-state index in [0.29, 0.717) is 12.1 Å². The molecule has 1 fully saturated rings. The number of nitrogens with one attached hydrogen (secondary N) is 1. The van der Waals surface area contributed by atoms with Crippen LogP contribution in [0.4, 0.5) is 0 Å². The summed E-state index contributed by atoms with van der Waals surface area (Å²) in [4.78, 5) is 4.39. The summed E-state index contributed by atoms with van der Waals surface area (Å²) in [6.07, 6.45) is 8.19. The van der Waals surface area contributed by atoms with Gasteiger partial charge in [0.2, 0.25) is 0 Å². The normalized spacial score (nSPS) is 33.9. The van der Waals surface area contributed by atoms with Crippen LogP contribution in [0, 0.1) is 5.92 Å². The molecular formula is C12H20N4. The summed E-state index contributed by atoms with van der Waals surface area (Å²) in [5, 5.41) is 8.05. The number of nitrogens with zero attached hydrogens (tertiary/aromatic N) is 3. The molecule has 1 saturated carbocycles. The first-order valence-corrected chi connectivity index (χ1v) is 6.48. The number of hydrogen-bond donors (Lipinski definition) is 1. The van der Waals surface area contributed by atoms with Crippen LogP contribution in [0.15, 0.2) is 6.33 Å². The van der Waals surface area contributed by atoms with Crippen LogP contribution in [0.5, 0.6) is 0 Å². The highest BCUT2D eigenvalue weighted by Gasteiger charge is 2.29. The molecule has 1 N–H and O–H groups in total. The lowest BCUT2D eigenvalue weighted by Gasteiger charge is -2.28. The Morgan fingerprint density at radius 3 is 3.06 bits per heavy atom. The first-order chi connectivity index (χ1) is 7.84. The molecule has 0 bridgehead atoms. The molecule has 4 heteroatoms. The second kappa shape index (κ2) is 4.17. The molecule has 4 nitrogen and oxygen atoms in total. The van der Waals surface area contributed by atoms with E-state index < -0.39 is 0 Å². The van der Waals surface area contributed by atoms with Crippen molar-refractivity contribution in [1.29, 1.82) is 0 Å². The molecule has 0 spiro atoms. The van der Waals surface area contributed by atoms with Gasteiger partial charge in [-0.25, -0.2) is 9.67 Å². The van der Waals surface area contributed by atoms with E-state index in [1.165, 1.54) is 32.1 Å². The van der Waals surface area contributed by atoms with Crippen LogP contribution in [0.1, 0.15) is 50.9 Å². The number of aromatic nitrogens is 3. The molecule has 2 heterocycles. The molecule has 2 aliphatic rings. The molecule has 1 aliphatic carbocycles. The lowest BCUT2D eigenvalue weighted by atomic mass is 10.0. The van der Waals surface area contributed by atoms with Gasteiger partial charge in [0.15, 0.2) is 0 Å². The Morgan fingerprint density at radius 1 is 1.31 bits per heavy atom. The van der Waals surface area contributed by atoms with Crippen molar-refractivity contribution >= 4 is 0 Å². The van der Waals surface area contributed by atoms with Gasteiger partial charge in [-0.2, -0.15) is 5.10 Å². The third kappa shape index (κ3) is 1.75. The van der Waals surface area contributed by atoms with Gasteiger partial charge in [0.1, 0.15) is 12.2 Å². The Bertz CT molecular complexity index is 360. The summed E-state index contributed by atoms with van der Waals surface area (Å²) in [6.45, 7) is 3.39. The standard InChI is InChI=1S/C12H20N4/c1-9-4-2-5-10(9)15-11-6-3-7-16-12(11)13-8-14-16/h8-11,15H,2-7H2,1H3.